The zero-order chi connectivity index (χ0) is 52.5. The predicted molar refractivity (Wildman–Crippen MR) is 316 cm³/mol. The smallest absolute Gasteiger partial charge is 0.118 e. The summed E-state index contributed by atoms with van der Waals surface area (Å²) in [6.07, 6.45) is 4.66. The van der Waals surface area contributed by atoms with Gasteiger partial charge in [-0.3, -0.25) is 0 Å². The van der Waals surface area contributed by atoms with Crippen molar-refractivity contribution < 1.29 is 9.47 Å². The Morgan fingerprint density at radius 1 is 0.325 bits per heavy atom. The minimum Gasteiger partial charge on any atom is -0.497 e. The average molecular weight is 989 g/mol. The number of rotatable bonds is 14. The fraction of sp³-hybridized carbons (Fsp3) is 0.0411. The zero-order valence-electron chi connectivity index (χ0n) is 42.8. The van der Waals surface area contributed by atoms with Gasteiger partial charge in [0.1, 0.15) is 11.5 Å². The summed E-state index contributed by atoms with van der Waals surface area (Å²) in [5.74, 6) is 1.50. The molecule has 0 heterocycles. The van der Waals surface area contributed by atoms with Crippen LogP contribution in [0.1, 0.15) is 77.9 Å². The van der Waals surface area contributed by atoms with Crippen molar-refractivity contribution in [2.75, 3.05) is 14.2 Å². The third kappa shape index (κ3) is 10.5. The van der Waals surface area contributed by atoms with Crippen molar-refractivity contribution in [2.24, 2.45) is 0 Å². The fourth-order valence-electron chi connectivity index (χ4n) is 10.5. The summed E-state index contributed by atoms with van der Waals surface area (Å²) in [6.45, 7) is 0. The van der Waals surface area contributed by atoms with Crippen LogP contribution in [0.15, 0.2) is 255 Å². The number of benzene rings is 10. The number of hydrogen-bond donors (Lipinski definition) is 0. The van der Waals surface area contributed by atoms with Crippen LogP contribution >= 0.6 is 0 Å². The number of fused-ring (bicyclic) bond motifs is 3. The van der Waals surface area contributed by atoms with E-state index >= 15 is 0 Å². The molecule has 0 radical (unpaired) electrons. The topological polar surface area (TPSA) is 66.0 Å². The molecule has 0 aromatic heterocycles. The van der Waals surface area contributed by atoms with Gasteiger partial charge in [0, 0.05) is 0 Å². The predicted octanol–water partition coefficient (Wildman–Crippen LogP) is 17.4. The molecule has 0 saturated carbocycles. The second-order valence-electron chi connectivity index (χ2n) is 18.9. The molecule has 0 unspecified atom stereocenters. The van der Waals surface area contributed by atoms with Gasteiger partial charge in [-0.15, -0.1) is 0 Å². The van der Waals surface area contributed by atoms with E-state index in [2.05, 4.69) is 218 Å². The maximum absolute atomic E-state index is 10.2. The van der Waals surface area contributed by atoms with E-state index < -0.39 is 0 Å². The maximum Gasteiger partial charge on any atom is 0.118 e. The van der Waals surface area contributed by atoms with E-state index in [0.29, 0.717) is 11.1 Å². The molecule has 10 aromatic carbocycles. The minimum atomic E-state index is 0.580. The van der Waals surface area contributed by atoms with Crippen LogP contribution in [0.4, 0.5) is 0 Å². The quantitative estimate of drug-likeness (QED) is 0.0804. The maximum atomic E-state index is 10.2. The lowest BCUT2D eigenvalue weighted by atomic mass is 9.84. The first kappa shape index (κ1) is 49.0. The molecule has 0 atom stereocenters. The normalized spacial score (nSPS) is 12.5. The van der Waals surface area contributed by atoms with Crippen molar-refractivity contribution in [3.63, 3.8) is 0 Å². The van der Waals surface area contributed by atoms with Crippen LogP contribution in [0.2, 0.25) is 0 Å². The summed E-state index contributed by atoms with van der Waals surface area (Å²) in [5.41, 5.74) is 23.2. The van der Waals surface area contributed by atoms with E-state index in [-0.39, 0.29) is 0 Å². The van der Waals surface area contributed by atoms with Crippen LogP contribution in [-0.2, 0) is 6.42 Å². The Hall–Kier alpha value is -10.3. The fourth-order valence-corrected chi connectivity index (χ4v) is 10.5. The average Bonchev–Trinajstić information content (AvgIpc) is 3.93. The Balaban J connectivity index is 0.995. The van der Waals surface area contributed by atoms with E-state index in [9.17, 15) is 10.5 Å². The largest absolute Gasteiger partial charge is 0.497 e. The zero-order valence-corrected chi connectivity index (χ0v) is 42.8. The molecule has 1 aliphatic rings. The van der Waals surface area contributed by atoms with Crippen molar-refractivity contribution in [3.05, 3.63) is 333 Å². The van der Waals surface area contributed by atoms with Crippen LogP contribution in [0.3, 0.4) is 0 Å². The van der Waals surface area contributed by atoms with E-state index in [4.69, 9.17) is 9.47 Å². The highest BCUT2D eigenvalue weighted by atomic mass is 16.5. The number of methoxy groups -OCH3 is 2. The van der Waals surface area contributed by atoms with E-state index in [1.54, 1.807) is 14.2 Å². The number of nitriles is 2. The Kier molecular flexibility index (Phi) is 14.3. The first-order chi connectivity index (χ1) is 38.0. The number of nitrogens with zero attached hydrogens (tertiary/aromatic N) is 2. The SMILES string of the molecule is COc1ccc(/C(C#N)=C/c2ccc(/C(=C(\c3ccccc3)c3ccc4c(c3)Cc3cc(/C(=C(\c5ccccc5)c5ccc(/C=C(\C#N)c6ccc(OC)cc6)cc5)c5ccccc5)ccc3-4)c3ccccc3)cc2)cc1. The summed E-state index contributed by atoms with van der Waals surface area (Å²) in [6, 6.07) is 93.8. The number of ether oxygens (including phenoxy) is 2. The van der Waals surface area contributed by atoms with Gasteiger partial charge >= 0.3 is 0 Å². The molecule has 1 aliphatic carbocycles. The molecule has 77 heavy (non-hydrogen) atoms. The molecule has 0 fully saturated rings. The molecule has 11 rings (SSSR count). The lowest BCUT2D eigenvalue weighted by molar-refractivity contribution is 0.414. The third-order valence-electron chi connectivity index (χ3n) is 14.3. The molecule has 0 amide bonds. The summed E-state index contributed by atoms with van der Waals surface area (Å²) >= 11 is 0. The first-order valence-electron chi connectivity index (χ1n) is 25.7. The first-order valence-corrected chi connectivity index (χ1v) is 25.7. The van der Waals surface area contributed by atoms with Crippen molar-refractivity contribution in [1.29, 1.82) is 10.5 Å². The van der Waals surface area contributed by atoms with Gasteiger partial charge in [-0.25, -0.2) is 0 Å². The van der Waals surface area contributed by atoms with Gasteiger partial charge in [0.2, 0.25) is 0 Å². The monoisotopic (exact) mass is 988 g/mol. The highest BCUT2D eigenvalue weighted by Crippen LogP contribution is 2.45. The van der Waals surface area contributed by atoms with Crippen LogP contribution in [0.25, 0.3) is 56.7 Å². The lowest BCUT2D eigenvalue weighted by Crippen LogP contribution is -1.98. The van der Waals surface area contributed by atoms with Gasteiger partial charge in [0.15, 0.2) is 0 Å². The van der Waals surface area contributed by atoms with E-state index in [0.717, 1.165) is 107 Å². The molecule has 0 aliphatic heterocycles. The molecule has 4 heteroatoms. The lowest BCUT2D eigenvalue weighted by Gasteiger charge is -2.19. The van der Waals surface area contributed by atoms with Crippen molar-refractivity contribution in [1.82, 2.24) is 0 Å². The second-order valence-corrected chi connectivity index (χ2v) is 18.9. The van der Waals surface area contributed by atoms with E-state index in [1.165, 1.54) is 22.3 Å². The summed E-state index contributed by atoms with van der Waals surface area (Å²) in [7, 11) is 3.28. The molecular formula is C73H52N2O2. The Morgan fingerprint density at radius 2 is 0.597 bits per heavy atom. The number of hydrogen-bond acceptors (Lipinski definition) is 4. The number of allylic oxidation sites excluding steroid dienone is 2. The molecule has 366 valence electrons. The van der Waals surface area contributed by atoms with Crippen LogP contribution < -0.4 is 9.47 Å². The van der Waals surface area contributed by atoms with Gasteiger partial charge in [0.25, 0.3) is 0 Å². The van der Waals surface area contributed by atoms with Crippen molar-refractivity contribution in [3.8, 4) is 34.8 Å². The summed E-state index contributed by atoms with van der Waals surface area (Å²) < 4.78 is 10.7. The van der Waals surface area contributed by atoms with E-state index in [1.807, 2.05) is 60.7 Å². The summed E-state index contributed by atoms with van der Waals surface area (Å²) in [5, 5.41) is 20.4. The second kappa shape index (κ2) is 22.5. The molecule has 0 saturated heterocycles. The highest BCUT2D eigenvalue weighted by Gasteiger charge is 2.25. The van der Waals surface area contributed by atoms with Crippen LogP contribution in [-0.4, -0.2) is 14.2 Å². The third-order valence-corrected chi connectivity index (χ3v) is 14.3. The van der Waals surface area contributed by atoms with Crippen LogP contribution in [0.5, 0.6) is 11.5 Å². The standard InChI is InChI=1S/C73H52N2O2/c1-76-66-37-31-52(32-38-66)64(48-74)43-50-23-27-58(28-24-50)70(54-15-7-3-8-16-54)72(56-19-11-5-12-20-56)60-35-41-68-62(45-60)47-63-46-61(36-42-69(63)68)73(57-21-13-6-14-22-57)71(55-17-9-4-10-18-55)59-29-25-51(26-30-59)44-65(49-75)53-33-39-67(77-2)40-34-53/h3-46H,47H2,1-2H3/b64-43+,65-44+,72-70+,73-71+. The summed E-state index contributed by atoms with van der Waals surface area (Å²) in [4.78, 5) is 0. The van der Waals surface area contributed by atoms with Gasteiger partial charge in [0.05, 0.1) is 37.5 Å². The molecule has 0 N–H and O–H groups in total. The van der Waals surface area contributed by atoms with Gasteiger partial charge in [-0.2, -0.15) is 10.5 Å². The van der Waals surface area contributed by atoms with Gasteiger partial charge in [-0.05, 0) is 178 Å². The molecule has 0 spiro atoms. The van der Waals surface area contributed by atoms with Crippen molar-refractivity contribution in [2.45, 2.75) is 6.42 Å². The van der Waals surface area contributed by atoms with Crippen LogP contribution in [0, 0.1) is 22.7 Å². The molecular weight excluding hydrogens is 937 g/mol. The molecule has 10 aromatic rings. The van der Waals surface area contributed by atoms with Gasteiger partial charge in [-0.1, -0.05) is 206 Å². The highest BCUT2D eigenvalue weighted by molar-refractivity contribution is 6.07. The Morgan fingerprint density at radius 3 is 0.896 bits per heavy atom. The Bertz CT molecular complexity index is 3690. The van der Waals surface area contributed by atoms with Gasteiger partial charge < -0.3 is 9.47 Å². The minimum absolute atomic E-state index is 0.580. The molecule has 4 nitrogen and oxygen atoms in total. The molecule has 0 bridgehead atoms. The Labute approximate surface area is 451 Å². The van der Waals surface area contributed by atoms with Crippen molar-refractivity contribution >= 4 is 45.6 Å².